The highest BCUT2D eigenvalue weighted by atomic mass is 32.1. The van der Waals surface area contributed by atoms with Crippen LogP contribution in [0, 0.1) is 5.82 Å². The molecule has 124 valence electrons. The predicted molar refractivity (Wildman–Crippen MR) is 95.0 cm³/mol. The number of hydrogen-bond donors (Lipinski definition) is 1. The van der Waals surface area contributed by atoms with E-state index in [1.165, 1.54) is 27.8 Å². The number of para-hydroxylation sites is 1. The molecule has 0 aliphatic carbocycles. The van der Waals surface area contributed by atoms with Gasteiger partial charge in [-0.2, -0.15) is 0 Å². The Hall–Kier alpha value is -2.40. The first-order chi connectivity index (χ1) is 11.6. The summed E-state index contributed by atoms with van der Waals surface area (Å²) in [4.78, 5) is 12.0. The van der Waals surface area contributed by atoms with Gasteiger partial charge in [-0.1, -0.05) is 30.3 Å². The Labute approximate surface area is 144 Å². The van der Waals surface area contributed by atoms with Crippen LogP contribution in [0.5, 0.6) is 5.75 Å². The molecule has 24 heavy (non-hydrogen) atoms. The van der Waals surface area contributed by atoms with E-state index in [0.29, 0.717) is 0 Å². The number of amides is 1. The number of rotatable bonds is 6. The van der Waals surface area contributed by atoms with E-state index in [1.54, 1.807) is 23.5 Å². The van der Waals surface area contributed by atoms with Crippen molar-refractivity contribution in [2.75, 3.05) is 6.61 Å². The van der Waals surface area contributed by atoms with Gasteiger partial charge in [-0.05, 0) is 47.9 Å². The second-order valence-corrected chi connectivity index (χ2v) is 6.56. The second kappa shape index (κ2) is 7.45. The van der Waals surface area contributed by atoms with Crippen molar-refractivity contribution in [3.63, 3.8) is 0 Å². The average Bonchev–Trinajstić information content (AvgIpc) is 2.97. The van der Waals surface area contributed by atoms with Crippen molar-refractivity contribution < 1.29 is 13.9 Å². The van der Waals surface area contributed by atoms with E-state index in [2.05, 4.69) is 22.8 Å². The molecule has 3 aromatic rings. The Kier molecular flexibility index (Phi) is 5.11. The van der Waals surface area contributed by atoms with Crippen molar-refractivity contribution >= 4 is 27.3 Å². The summed E-state index contributed by atoms with van der Waals surface area (Å²) in [6, 6.07) is 14.3. The van der Waals surface area contributed by atoms with Crippen LogP contribution in [-0.4, -0.2) is 18.6 Å². The minimum absolute atomic E-state index is 0.0280. The van der Waals surface area contributed by atoms with Gasteiger partial charge in [0.2, 0.25) is 0 Å². The molecule has 0 unspecified atom stereocenters. The lowest BCUT2D eigenvalue weighted by Crippen LogP contribution is -2.37. The van der Waals surface area contributed by atoms with E-state index in [-0.39, 0.29) is 24.3 Å². The Morgan fingerprint density at radius 2 is 1.96 bits per heavy atom. The van der Waals surface area contributed by atoms with Crippen molar-refractivity contribution in [3.05, 3.63) is 65.3 Å². The first-order valence-electron chi connectivity index (χ1n) is 7.75. The maximum absolute atomic E-state index is 13.4. The van der Waals surface area contributed by atoms with E-state index in [4.69, 9.17) is 4.74 Å². The van der Waals surface area contributed by atoms with Crippen LogP contribution in [0.25, 0.3) is 10.1 Å². The standard InChI is InChI=1S/C19H18FNO2S/c1-13(10-14-12-24-18-9-5-2-6-15(14)18)21-19(22)11-23-17-8-4-3-7-16(17)20/h2-9,12-13H,10-11H2,1H3,(H,21,22)/t13-/m1/s1. The summed E-state index contributed by atoms with van der Waals surface area (Å²) in [5.74, 6) is -0.641. The Bertz CT molecular complexity index is 846. The quantitative estimate of drug-likeness (QED) is 0.730. The van der Waals surface area contributed by atoms with Gasteiger partial charge in [-0.15, -0.1) is 11.3 Å². The van der Waals surface area contributed by atoms with Crippen LogP contribution < -0.4 is 10.1 Å². The summed E-state index contributed by atoms with van der Waals surface area (Å²) in [6.45, 7) is 1.75. The summed E-state index contributed by atoms with van der Waals surface area (Å²) in [5.41, 5.74) is 1.22. The maximum atomic E-state index is 13.4. The van der Waals surface area contributed by atoms with Crippen LogP contribution in [0.4, 0.5) is 4.39 Å². The monoisotopic (exact) mass is 343 g/mol. The summed E-state index contributed by atoms with van der Waals surface area (Å²) < 4.78 is 19.9. The SMILES string of the molecule is C[C@H](Cc1csc2ccccc12)NC(=O)COc1ccccc1F. The van der Waals surface area contributed by atoms with Crippen LogP contribution in [0.3, 0.4) is 0 Å². The predicted octanol–water partition coefficient (Wildman–Crippen LogP) is 4.17. The molecule has 3 nitrogen and oxygen atoms in total. The van der Waals surface area contributed by atoms with Crippen molar-refractivity contribution in [3.8, 4) is 5.75 Å². The van der Waals surface area contributed by atoms with Gasteiger partial charge in [-0.25, -0.2) is 4.39 Å². The van der Waals surface area contributed by atoms with E-state index in [0.717, 1.165) is 6.42 Å². The van der Waals surface area contributed by atoms with Gasteiger partial charge in [-0.3, -0.25) is 4.79 Å². The summed E-state index contributed by atoms with van der Waals surface area (Å²) in [5, 5.41) is 6.25. The third kappa shape index (κ3) is 3.92. The van der Waals surface area contributed by atoms with Crippen LogP contribution >= 0.6 is 11.3 Å². The topological polar surface area (TPSA) is 38.3 Å². The molecule has 0 spiro atoms. The van der Waals surface area contributed by atoms with Gasteiger partial charge < -0.3 is 10.1 Å². The van der Waals surface area contributed by atoms with Crippen LogP contribution in [0.1, 0.15) is 12.5 Å². The molecule has 3 rings (SSSR count). The molecule has 0 radical (unpaired) electrons. The highest BCUT2D eigenvalue weighted by Crippen LogP contribution is 2.26. The van der Waals surface area contributed by atoms with E-state index in [1.807, 2.05) is 19.1 Å². The molecular weight excluding hydrogens is 325 g/mol. The van der Waals surface area contributed by atoms with E-state index in [9.17, 15) is 9.18 Å². The van der Waals surface area contributed by atoms with Gasteiger partial charge in [0.25, 0.3) is 5.91 Å². The third-order valence-corrected chi connectivity index (χ3v) is 4.70. The van der Waals surface area contributed by atoms with Gasteiger partial charge in [0, 0.05) is 10.7 Å². The normalized spacial score (nSPS) is 12.1. The second-order valence-electron chi connectivity index (χ2n) is 5.65. The van der Waals surface area contributed by atoms with Crippen molar-refractivity contribution in [1.29, 1.82) is 0 Å². The highest BCUT2D eigenvalue weighted by Gasteiger charge is 2.12. The summed E-state index contributed by atoms with van der Waals surface area (Å²) in [6.07, 6.45) is 0.745. The highest BCUT2D eigenvalue weighted by molar-refractivity contribution is 7.17. The van der Waals surface area contributed by atoms with Crippen LogP contribution in [0.2, 0.25) is 0 Å². The fraction of sp³-hybridized carbons (Fsp3) is 0.211. The molecule has 1 amide bonds. The van der Waals surface area contributed by atoms with Crippen LogP contribution in [0.15, 0.2) is 53.9 Å². The number of thiophene rings is 1. The maximum Gasteiger partial charge on any atom is 0.258 e. The molecule has 0 saturated carbocycles. The zero-order valence-corrected chi connectivity index (χ0v) is 14.1. The van der Waals surface area contributed by atoms with Gasteiger partial charge >= 0.3 is 0 Å². The van der Waals surface area contributed by atoms with Crippen molar-refractivity contribution in [2.24, 2.45) is 0 Å². The molecular formula is C19H18FNO2S. The summed E-state index contributed by atoms with van der Waals surface area (Å²) >= 11 is 1.70. The number of carbonyl (C=O) groups is 1. The molecule has 0 saturated heterocycles. The molecule has 1 aromatic heterocycles. The van der Waals surface area contributed by atoms with Crippen molar-refractivity contribution in [2.45, 2.75) is 19.4 Å². The number of ether oxygens (including phenoxy) is 1. The minimum Gasteiger partial charge on any atom is -0.481 e. The first kappa shape index (κ1) is 16.5. The molecule has 2 aromatic carbocycles. The van der Waals surface area contributed by atoms with Gasteiger partial charge in [0.15, 0.2) is 18.2 Å². The van der Waals surface area contributed by atoms with E-state index < -0.39 is 5.82 Å². The van der Waals surface area contributed by atoms with Gasteiger partial charge in [0.1, 0.15) is 0 Å². The number of nitrogens with one attached hydrogen (secondary N) is 1. The molecule has 0 fully saturated rings. The minimum atomic E-state index is -0.469. The first-order valence-corrected chi connectivity index (χ1v) is 8.63. The molecule has 1 atom stereocenters. The third-order valence-electron chi connectivity index (χ3n) is 3.69. The largest absolute Gasteiger partial charge is 0.481 e. The number of halogens is 1. The lowest BCUT2D eigenvalue weighted by molar-refractivity contribution is -0.123. The molecule has 1 heterocycles. The zero-order valence-electron chi connectivity index (χ0n) is 13.3. The molecule has 0 aliphatic heterocycles. The molecule has 0 bridgehead atoms. The van der Waals surface area contributed by atoms with Gasteiger partial charge in [0.05, 0.1) is 0 Å². The lowest BCUT2D eigenvalue weighted by Gasteiger charge is -2.14. The lowest BCUT2D eigenvalue weighted by atomic mass is 10.1. The average molecular weight is 343 g/mol. The van der Waals surface area contributed by atoms with E-state index >= 15 is 0 Å². The Morgan fingerprint density at radius 1 is 1.21 bits per heavy atom. The number of carbonyl (C=O) groups excluding carboxylic acids is 1. The summed E-state index contributed by atoms with van der Waals surface area (Å²) in [7, 11) is 0. The number of hydrogen-bond acceptors (Lipinski definition) is 3. The van der Waals surface area contributed by atoms with Crippen molar-refractivity contribution in [1.82, 2.24) is 5.32 Å². The molecule has 0 aliphatic rings. The zero-order chi connectivity index (χ0) is 16.9. The Morgan fingerprint density at radius 3 is 2.79 bits per heavy atom. The fourth-order valence-electron chi connectivity index (χ4n) is 2.59. The van der Waals surface area contributed by atoms with Crippen LogP contribution in [-0.2, 0) is 11.2 Å². The fourth-order valence-corrected chi connectivity index (χ4v) is 3.57. The number of benzene rings is 2. The molecule has 1 N–H and O–H groups in total. The molecule has 5 heteroatoms. The smallest absolute Gasteiger partial charge is 0.258 e. The Balaban J connectivity index is 1.54. The number of fused-ring (bicyclic) bond motifs is 1.